The van der Waals surface area contributed by atoms with Crippen molar-refractivity contribution in [3.05, 3.63) is 66.1 Å². The zero-order valence-corrected chi connectivity index (χ0v) is 14.3. The van der Waals surface area contributed by atoms with E-state index in [1.165, 1.54) is 19.1 Å². The Morgan fingerprint density at radius 2 is 1.96 bits per heavy atom. The number of ketones is 1. The van der Waals surface area contributed by atoms with Crippen LogP contribution in [0.25, 0.3) is 10.9 Å². The largest absolute Gasteiger partial charge is 0.324 e. The minimum atomic E-state index is -0.502. The number of amides is 1. The van der Waals surface area contributed by atoms with E-state index in [-0.39, 0.29) is 17.4 Å². The maximum Gasteiger partial charge on any atom is 0.234 e. The van der Waals surface area contributed by atoms with Gasteiger partial charge in [0.25, 0.3) is 0 Å². The maximum absolute atomic E-state index is 13.9. The van der Waals surface area contributed by atoms with E-state index < -0.39 is 5.82 Å². The highest BCUT2D eigenvalue weighted by Crippen LogP contribution is 2.23. The molecule has 0 atom stereocenters. The van der Waals surface area contributed by atoms with Gasteiger partial charge in [0.05, 0.1) is 23.2 Å². The lowest BCUT2D eigenvalue weighted by Gasteiger charge is -2.07. The highest BCUT2D eigenvalue weighted by Gasteiger charge is 2.10. The number of nitrogens with one attached hydrogen (secondary N) is 1. The van der Waals surface area contributed by atoms with E-state index in [1.807, 2.05) is 30.3 Å². The minimum absolute atomic E-state index is 0.0587. The smallest absolute Gasteiger partial charge is 0.234 e. The predicted molar refractivity (Wildman–Crippen MR) is 97.5 cm³/mol. The van der Waals surface area contributed by atoms with Crippen LogP contribution in [0.2, 0.25) is 0 Å². The Kier molecular flexibility index (Phi) is 5.09. The van der Waals surface area contributed by atoms with E-state index in [0.29, 0.717) is 16.1 Å². The van der Waals surface area contributed by atoms with Crippen molar-refractivity contribution in [1.29, 1.82) is 0 Å². The van der Waals surface area contributed by atoms with E-state index in [9.17, 15) is 14.0 Å². The highest BCUT2D eigenvalue weighted by atomic mass is 32.2. The van der Waals surface area contributed by atoms with Crippen LogP contribution < -0.4 is 5.32 Å². The average molecular weight is 354 g/mol. The fourth-order valence-electron chi connectivity index (χ4n) is 2.32. The number of hydrogen-bond donors (Lipinski definition) is 1. The molecule has 0 radical (unpaired) electrons. The Morgan fingerprint density at radius 3 is 2.72 bits per heavy atom. The van der Waals surface area contributed by atoms with Gasteiger partial charge in [-0.3, -0.25) is 14.6 Å². The number of pyridine rings is 1. The Hall–Kier alpha value is -2.73. The van der Waals surface area contributed by atoms with Crippen LogP contribution in [0.4, 0.5) is 10.1 Å². The quantitative estimate of drug-likeness (QED) is 0.548. The third-order valence-electron chi connectivity index (χ3n) is 3.57. The van der Waals surface area contributed by atoms with E-state index >= 15 is 0 Å². The summed E-state index contributed by atoms with van der Waals surface area (Å²) in [5.74, 6) is -0.893. The molecule has 0 aliphatic rings. The predicted octanol–water partition coefficient (Wildman–Crippen LogP) is 4.31. The number of Topliss-reactive ketones (excluding diaryl/α,β-unsaturated/α-hetero) is 1. The summed E-state index contributed by atoms with van der Waals surface area (Å²) < 4.78 is 13.9. The molecule has 0 unspecified atom stereocenters. The lowest BCUT2D eigenvalue weighted by atomic mass is 10.1. The molecule has 0 saturated heterocycles. The van der Waals surface area contributed by atoms with Gasteiger partial charge in [-0.2, -0.15) is 0 Å². The second-order valence-electron chi connectivity index (χ2n) is 5.45. The summed E-state index contributed by atoms with van der Waals surface area (Å²) in [6.45, 7) is 1.38. The Morgan fingerprint density at radius 1 is 1.16 bits per heavy atom. The highest BCUT2D eigenvalue weighted by molar-refractivity contribution is 8.00. The van der Waals surface area contributed by atoms with Gasteiger partial charge in [-0.25, -0.2) is 4.39 Å². The molecular weight excluding hydrogens is 339 g/mol. The first-order chi connectivity index (χ1) is 12.0. The molecule has 0 fully saturated rings. The second kappa shape index (κ2) is 7.44. The van der Waals surface area contributed by atoms with E-state index in [0.717, 1.165) is 22.7 Å². The van der Waals surface area contributed by atoms with Crippen molar-refractivity contribution in [3.63, 3.8) is 0 Å². The molecule has 0 saturated carbocycles. The summed E-state index contributed by atoms with van der Waals surface area (Å²) in [6, 6.07) is 13.7. The number of rotatable bonds is 5. The van der Waals surface area contributed by atoms with Crippen LogP contribution in [0, 0.1) is 5.82 Å². The van der Waals surface area contributed by atoms with Gasteiger partial charge in [-0.15, -0.1) is 11.8 Å². The topological polar surface area (TPSA) is 59.1 Å². The Balaban J connectivity index is 1.63. The van der Waals surface area contributed by atoms with Crippen LogP contribution in [0.3, 0.4) is 0 Å². The third kappa shape index (κ3) is 4.22. The molecule has 2 aromatic carbocycles. The van der Waals surface area contributed by atoms with Crippen LogP contribution >= 0.6 is 11.8 Å². The first-order valence-corrected chi connectivity index (χ1v) is 8.59. The molecule has 1 heterocycles. The number of benzene rings is 2. The molecule has 0 spiro atoms. The fraction of sp³-hybridized carbons (Fsp3) is 0.105. The molecule has 1 amide bonds. The lowest BCUT2D eigenvalue weighted by molar-refractivity contribution is -0.113. The number of carbonyl (C=O) groups excluding carboxylic acids is 2. The van der Waals surface area contributed by atoms with Crippen LogP contribution in [-0.2, 0) is 4.79 Å². The molecule has 1 aromatic heterocycles. The molecule has 0 aliphatic heterocycles. The zero-order valence-electron chi connectivity index (χ0n) is 13.5. The molecule has 25 heavy (non-hydrogen) atoms. The Labute approximate surface area is 148 Å². The molecule has 0 bridgehead atoms. The molecule has 4 nitrogen and oxygen atoms in total. The molecule has 126 valence electrons. The summed E-state index contributed by atoms with van der Waals surface area (Å²) >= 11 is 1.08. The molecule has 3 rings (SSSR count). The van der Waals surface area contributed by atoms with Crippen LogP contribution in [-0.4, -0.2) is 22.4 Å². The number of anilines is 1. The van der Waals surface area contributed by atoms with Crippen molar-refractivity contribution >= 4 is 40.0 Å². The number of aromatic nitrogens is 1. The first-order valence-electron chi connectivity index (χ1n) is 7.61. The van der Waals surface area contributed by atoms with Crippen LogP contribution in [0.15, 0.2) is 59.6 Å². The van der Waals surface area contributed by atoms with Crippen molar-refractivity contribution in [3.8, 4) is 0 Å². The van der Waals surface area contributed by atoms with Gasteiger partial charge in [-0.05, 0) is 31.2 Å². The van der Waals surface area contributed by atoms with E-state index in [1.54, 1.807) is 12.3 Å². The van der Waals surface area contributed by atoms with Gasteiger partial charge in [0.15, 0.2) is 5.78 Å². The van der Waals surface area contributed by atoms with Gasteiger partial charge in [0.1, 0.15) is 5.82 Å². The van der Waals surface area contributed by atoms with E-state index in [2.05, 4.69) is 10.3 Å². The molecule has 6 heteroatoms. The summed E-state index contributed by atoms with van der Waals surface area (Å²) in [4.78, 5) is 27.9. The molecule has 1 N–H and O–H groups in total. The molecule has 3 aromatic rings. The second-order valence-corrected chi connectivity index (χ2v) is 6.47. The van der Waals surface area contributed by atoms with Gasteiger partial charge in [0.2, 0.25) is 5.91 Å². The zero-order chi connectivity index (χ0) is 17.8. The Bertz CT molecular complexity index is 959. The summed E-state index contributed by atoms with van der Waals surface area (Å²) in [6.07, 6.45) is 1.59. The summed E-state index contributed by atoms with van der Waals surface area (Å²) in [5, 5.41) is 3.68. The number of halogens is 1. The SMILES string of the molecule is CC(=O)c1ccc(SCC(=O)Nc2cnc3ccccc3c2)c(F)c1. The average Bonchev–Trinajstić information content (AvgIpc) is 2.60. The van der Waals surface area contributed by atoms with Crippen LogP contribution in [0.5, 0.6) is 0 Å². The normalized spacial score (nSPS) is 10.6. The minimum Gasteiger partial charge on any atom is -0.324 e. The van der Waals surface area contributed by atoms with E-state index in [4.69, 9.17) is 0 Å². The fourth-order valence-corrected chi connectivity index (χ4v) is 3.04. The van der Waals surface area contributed by atoms with Gasteiger partial charge in [0, 0.05) is 15.8 Å². The molecule has 0 aliphatic carbocycles. The lowest BCUT2D eigenvalue weighted by Crippen LogP contribution is -2.14. The number of thioether (sulfide) groups is 1. The first kappa shape index (κ1) is 17.1. The molecular formula is C19H15FN2O2S. The van der Waals surface area contributed by atoms with Gasteiger partial charge < -0.3 is 5.32 Å². The number of nitrogens with zero attached hydrogens (tertiary/aromatic N) is 1. The maximum atomic E-state index is 13.9. The standard InChI is InChI=1S/C19H15FN2O2S/c1-12(23)13-6-7-18(16(20)9-13)25-11-19(24)22-15-8-14-4-2-3-5-17(14)21-10-15/h2-10H,11H2,1H3,(H,22,24). The van der Waals surface area contributed by atoms with Crippen molar-refractivity contribution in [1.82, 2.24) is 4.98 Å². The third-order valence-corrected chi connectivity index (χ3v) is 4.62. The monoisotopic (exact) mass is 354 g/mol. The number of fused-ring (bicyclic) bond motifs is 1. The number of hydrogen-bond acceptors (Lipinski definition) is 4. The number of carbonyl (C=O) groups is 2. The number of para-hydroxylation sites is 1. The van der Waals surface area contributed by atoms with Gasteiger partial charge in [-0.1, -0.05) is 24.3 Å². The van der Waals surface area contributed by atoms with Gasteiger partial charge >= 0.3 is 0 Å². The van der Waals surface area contributed by atoms with Crippen molar-refractivity contribution in [2.75, 3.05) is 11.1 Å². The van der Waals surface area contributed by atoms with Crippen LogP contribution in [0.1, 0.15) is 17.3 Å². The summed E-state index contributed by atoms with van der Waals surface area (Å²) in [5.41, 5.74) is 1.76. The van der Waals surface area contributed by atoms with Crippen molar-refractivity contribution in [2.45, 2.75) is 11.8 Å². The van der Waals surface area contributed by atoms with Crippen molar-refractivity contribution in [2.24, 2.45) is 0 Å². The van der Waals surface area contributed by atoms with Crippen molar-refractivity contribution < 1.29 is 14.0 Å². The summed E-state index contributed by atoms with van der Waals surface area (Å²) in [7, 11) is 0.